The van der Waals surface area contributed by atoms with E-state index < -0.39 is 10.0 Å². The Labute approximate surface area is 148 Å². The SMILES string of the molecule is Cc1ccc(S(=O)(=O)N(C)C2CCc3ccccc32)c2cccnc12. The van der Waals surface area contributed by atoms with Crippen LogP contribution in [0.1, 0.15) is 29.2 Å². The van der Waals surface area contributed by atoms with Crippen LogP contribution in [0.3, 0.4) is 0 Å². The van der Waals surface area contributed by atoms with Gasteiger partial charge in [-0.15, -0.1) is 0 Å². The van der Waals surface area contributed by atoms with Gasteiger partial charge in [0.05, 0.1) is 16.5 Å². The van der Waals surface area contributed by atoms with Crippen molar-refractivity contribution in [2.24, 2.45) is 0 Å². The number of aryl methyl sites for hydroxylation is 2. The number of hydrogen-bond acceptors (Lipinski definition) is 3. The first-order valence-electron chi connectivity index (χ1n) is 8.40. The third kappa shape index (κ3) is 2.55. The van der Waals surface area contributed by atoms with Crippen molar-refractivity contribution in [1.29, 1.82) is 0 Å². The fraction of sp³-hybridized carbons (Fsp3) is 0.250. The van der Waals surface area contributed by atoms with Crippen LogP contribution in [0.2, 0.25) is 0 Å². The molecule has 2 aromatic carbocycles. The lowest BCUT2D eigenvalue weighted by atomic mass is 10.1. The summed E-state index contributed by atoms with van der Waals surface area (Å²) in [5, 5.41) is 0.681. The molecule has 1 aliphatic carbocycles. The van der Waals surface area contributed by atoms with Crippen LogP contribution in [0.15, 0.2) is 59.6 Å². The van der Waals surface area contributed by atoms with Gasteiger partial charge in [-0.3, -0.25) is 4.98 Å². The van der Waals surface area contributed by atoms with Gasteiger partial charge >= 0.3 is 0 Å². The quantitative estimate of drug-likeness (QED) is 0.719. The van der Waals surface area contributed by atoms with Crippen LogP contribution in [-0.4, -0.2) is 24.8 Å². The van der Waals surface area contributed by atoms with E-state index in [1.807, 2.05) is 37.3 Å². The van der Waals surface area contributed by atoms with E-state index in [0.29, 0.717) is 10.3 Å². The Bertz CT molecular complexity index is 1060. The molecular formula is C20H20N2O2S. The molecule has 4 nitrogen and oxygen atoms in total. The highest BCUT2D eigenvalue weighted by Gasteiger charge is 2.34. The van der Waals surface area contributed by atoms with Crippen LogP contribution in [0, 0.1) is 6.92 Å². The highest BCUT2D eigenvalue weighted by atomic mass is 32.2. The zero-order chi connectivity index (χ0) is 17.6. The molecular weight excluding hydrogens is 332 g/mol. The van der Waals surface area contributed by atoms with E-state index in [1.54, 1.807) is 25.4 Å². The molecule has 1 heterocycles. The monoisotopic (exact) mass is 352 g/mol. The van der Waals surface area contributed by atoms with Gasteiger partial charge in [0, 0.05) is 18.6 Å². The van der Waals surface area contributed by atoms with Crippen molar-refractivity contribution in [2.45, 2.75) is 30.7 Å². The van der Waals surface area contributed by atoms with E-state index >= 15 is 0 Å². The van der Waals surface area contributed by atoms with Crippen LogP contribution in [0.25, 0.3) is 10.9 Å². The zero-order valence-electron chi connectivity index (χ0n) is 14.3. The van der Waals surface area contributed by atoms with Gasteiger partial charge in [0.2, 0.25) is 10.0 Å². The molecule has 1 aromatic heterocycles. The predicted molar refractivity (Wildman–Crippen MR) is 98.9 cm³/mol. The van der Waals surface area contributed by atoms with Crippen molar-refractivity contribution in [1.82, 2.24) is 9.29 Å². The van der Waals surface area contributed by atoms with Gasteiger partial charge in [-0.25, -0.2) is 8.42 Å². The first-order chi connectivity index (χ1) is 12.0. The minimum atomic E-state index is -3.62. The van der Waals surface area contributed by atoms with Crippen LogP contribution >= 0.6 is 0 Å². The first-order valence-corrected chi connectivity index (χ1v) is 9.84. The van der Waals surface area contributed by atoms with Crippen LogP contribution < -0.4 is 0 Å². The molecule has 0 saturated heterocycles. The van der Waals surface area contributed by atoms with E-state index in [9.17, 15) is 8.42 Å². The number of sulfonamides is 1. The standard InChI is InChI=1S/C20H20N2O2S/c1-14-9-12-19(17-8-5-13-21-20(14)17)25(23,24)22(2)18-11-10-15-6-3-4-7-16(15)18/h3-9,12-13,18H,10-11H2,1-2H3. The van der Waals surface area contributed by atoms with Crippen molar-refractivity contribution < 1.29 is 8.42 Å². The maximum atomic E-state index is 13.4. The Balaban J connectivity index is 1.82. The average Bonchev–Trinajstić information content (AvgIpc) is 3.05. The van der Waals surface area contributed by atoms with E-state index in [1.165, 1.54) is 9.87 Å². The molecule has 1 unspecified atom stereocenters. The molecule has 25 heavy (non-hydrogen) atoms. The Kier molecular flexibility index (Phi) is 3.85. The summed E-state index contributed by atoms with van der Waals surface area (Å²) < 4.78 is 28.2. The smallest absolute Gasteiger partial charge is 0.244 e. The van der Waals surface area contributed by atoms with Crippen LogP contribution in [0.4, 0.5) is 0 Å². The average molecular weight is 352 g/mol. The number of nitrogens with zero attached hydrogens (tertiary/aromatic N) is 2. The summed E-state index contributed by atoms with van der Waals surface area (Å²) in [5.74, 6) is 0. The van der Waals surface area contributed by atoms with Gasteiger partial charge in [0.25, 0.3) is 0 Å². The number of fused-ring (bicyclic) bond motifs is 2. The molecule has 0 aliphatic heterocycles. The van der Waals surface area contributed by atoms with E-state index in [4.69, 9.17) is 0 Å². The van der Waals surface area contributed by atoms with Gasteiger partial charge in [-0.1, -0.05) is 30.3 Å². The van der Waals surface area contributed by atoms with Crippen molar-refractivity contribution in [3.8, 4) is 0 Å². The molecule has 4 rings (SSSR count). The van der Waals surface area contributed by atoms with Gasteiger partial charge < -0.3 is 0 Å². The molecule has 0 spiro atoms. The lowest BCUT2D eigenvalue weighted by Crippen LogP contribution is -2.30. The lowest BCUT2D eigenvalue weighted by molar-refractivity contribution is 0.375. The molecule has 5 heteroatoms. The second-order valence-corrected chi connectivity index (χ2v) is 8.52. The second-order valence-electron chi connectivity index (χ2n) is 6.55. The molecule has 1 aliphatic rings. The summed E-state index contributed by atoms with van der Waals surface area (Å²) in [4.78, 5) is 4.69. The molecule has 0 saturated carbocycles. The fourth-order valence-corrected chi connectivity index (χ4v) is 5.29. The number of benzene rings is 2. The van der Waals surface area contributed by atoms with Gasteiger partial charge in [0.15, 0.2) is 0 Å². The number of pyridine rings is 1. The van der Waals surface area contributed by atoms with E-state index in [-0.39, 0.29) is 6.04 Å². The van der Waals surface area contributed by atoms with Gasteiger partial charge in [-0.05, 0) is 54.7 Å². The number of hydrogen-bond donors (Lipinski definition) is 0. The highest BCUT2D eigenvalue weighted by molar-refractivity contribution is 7.89. The summed E-state index contributed by atoms with van der Waals surface area (Å²) in [5.41, 5.74) is 4.07. The van der Waals surface area contributed by atoms with Crippen molar-refractivity contribution in [2.75, 3.05) is 7.05 Å². The normalized spacial score (nSPS) is 17.2. The highest BCUT2D eigenvalue weighted by Crippen LogP contribution is 2.38. The van der Waals surface area contributed by atoms with Crippen LogP contribution in [0.5, 0.6) is 0 Å². The van der Waals surface area contributed by atoms with E-state index in [2.05, 4.69) is 11.1 Å². The van der Waals surface area contributed by atoms with Gasteiger partial charge in [-0.2, -0.15) is 4.31 Å². The second kappa shape index (κ2) is 5.93. The maximum absolute atomic E-state index is 13.4. The molecule has 128 valence electrons. The Morgan fingerprint density at radius 1 is 1.08 bits per heavy atom. The largest absolute Gasteiger partial charge is 0.256 e. The molecule has 0 fully saturated rings. The summed E-state index contributed by atoms with van der Waals surface area (Å²) in [6.45, 7) is 1.95. The number of aromatic nitrogens is 1. The summed E-state index contributed by atoms with van der Waals surface area (Å²) in [7, 11) is -1.93. The molecule has 0 N–H and O–H groups in total. The Hall–Kier alpha value is -2.24. The topological polar surface area (TPSA) is 50.3 Å². The van der Waals surface area contributed by atoms with Crippen LogP contribution in [-0.2, 0) is 16.4 Å². The third-order valence-electron chi connectivity index (χ3n) is 5.13. The maximum Gasteiger partial charge on any atom is 0.244 e. The lowest BCUT2D eigenvalue weighted by Gasteiger charge is -2.25. The Morgan fingerprint density at radius 3 is 2.72 bits per heavy atom. The summed E-state index contributed by atoms with van der Waals surface area (Å²) >= 11 is 0. The fourth-order valence-electron chi connectivity index (χ4n) is 3.75. The minimum Gasteiger partial charge on any atom is -0.256 e. The van der Waals surface area contributed by atoms with E-state index in [0.717, 1.165) is 29.5 Å². The summed E-state index contributed by atoms with van der Waals surface area (Å²) in [6, 6.07) is 15.1. The summed E-state index contributed by atoms with van der Waals surface area (Å²) in [6.07, 6.45) is 3.43. The third-order valence-corrected chi connectivity index (χ3v) is 7.05. The molecule has 1 atom stereocenters. The van der Waals surface area contributed by atoms with Crippen molar-refractivity contribution in [3.05, 3.63) is 71.4 Å². The molecule has 3 aromatic rings. The minimum absolute atomic E-state index is 0.116. The van der Waals surface area contributed by atoms with Gasteiger partial charge in [0.1, 0.15) is 0 Å². The predicted octanol–water partition coefficient (Wildman–Crippen LogP) is 3.85. The zero-order valence-corrected chi connectivity index (χ0v) is 15.1. The number of rotatable bonds is 3. The van der Waals surface area contributed by atoms with Crippen molar-refractivity contribution >= 4 is 20.9 Å². The molecule has 0 bridgehead atoms. The molecule has 0 radical (unpaired) electrons. The molecule has 0 amide bonds. The first kappa shape index (κ1) is 16.2. The van der Waals surface area contributed by atoms with Crippen molar-refractivity contribution in [3.63, 3.8) is 0 Å². The Morgan fingerprint density at radius 2 is 1.88 bits per heavy atom.